The van der Waals surface area contributed by atoms with Gasteiger partial charge in [-0.1, -0.05) is 68.3 Å². The van der Waals surface area contributed by atoms with E-state index in [-0.39, 0.29) is 5.41 Å². The van der Waals surface area contributed by atoms with E-state index in [1.165, 1.54) is 16.7 Å². The van der Waals surface area contributed by atoms with Crippen LogP contribution < -0.4 is 5.73 Å². The number of ether oxygens (including phenoxy) is 1. The molecule has 2 rings (SSSR count). The summed E-state index contributed by atoms with van der Waals surface area (Å²) in [6.45, 7) is 18.8. The summed E-state index contributed by atoms with van der Waals surface area (Å²) in [4.78, 5) is 4.55. The number of hydrogen-bond acceptors (Lipinski definition) is 3. The van der Waals surface area contributed by atoms with Gasteiger partial charge in [0.1, 0.15) is 0 Å². The molecule has 2 N–H and O–H groups in total. The first-order chi connectivity index (χ1) is 15.5. The topological polar surface area (TPSA) is 48.1 Å². The zero-order valence-corrected chi connectivity index (χ0v) is 21.7. The number of allylic oxidation sites excluding steroid dienone is 1. The fourth-order valence-corrected chi connectivity index (χ4v) is 4.27. The molecule has 0 spiro atoms. The summed E-state index contributed by atoms with van der Waals surface area (Å²) >= 11 is 0. The Hall–Kier alpha value is -2.23. The van der Waals surface area contributed by atoms with Gasteiger partial charge in [0, 0.05) is 24.8 Å². The molecule has 180 valence electrons. The van der Waals surface area contributed by atoms with E-state index < -0.39 is 5.60 Å². The van der Waals surface area contributed by atoms with Crippen LogP contribution in [0.1, 0.15) is 77.8 Å². The van der Waals surface area contributed by atoms with Crippen molar-refractivity contribution < 1.29 is 4.74 Å². The van der Waals surface area contributed by atoms with Gasteiger partial charge in [-0.15, -0.1) is 6.58 Å². The molecule has 0 aliphatic carbocycles. The molecule has 33 heavy (non-hydrogen) atoms. The number of nitrogens with two attached hydrogens (primary N) is 1. The summed E-state index contributed by atoms with van der Waals surface area (Å²) in [6, 6.07) is 12.8. The first kappa shape index (κ1) is 27.0. The number of pyridine rings is 1. The molecule has 1 unspecified atom stereocenters. The highest BCUT2D eigenvalue weighted by molar-refractivity contribution is 5.59. The highest BCUT2D eigenvalue weighted by Crippen LogP contribution is 2.34. The van der Waals surface area contributed by atoms with Gasteiger partial charge in [-0.25, -0.2) is 0 Å². The molecule has 0 fully saturated rings. The lowest BCUT2D eigenvalue weighted by molar-refractivity contribution is -0.0370. The number of aromatic nitrogens is 1. The van der Waals surface area contributed by atoms with Crippen molar-refractivity contribution in [1.82, 2.24) is 4.98 Å². The third-order valence-corrected chi connectivity index (χ3v) is 5.76. The van der Waals surface area contributed by atoms with Crippen LogP contribution in [0.2, 0.25) is 0 Å². The van der Waals surface area contributed by atoms with E-state index in [9.17, 15) is 0 Å². The quantitative estimate of drug-likeness (QED) is 0.267. The SMILES string of the molecule is C=C(C)CC(C)(OCCC/C(=C\CCN)CC(C)(C)C)c1ccc(-c2ccc(C)cn2)cc1. The molecule has 3 heteroatoms. The molecule has 2 aromatic rings. The third-order valence-electron chi connectivity index (χ3n) is 5.76. The molecule has 0 saturated heterocycles. The Kier molecular flexibility index (Phi) is 10.1. The second-order valence-electron chi connectivity index (χ2n) is 10.8. The number of rotatable bonds is 12. The van der Waals surface area contributed by atoms with Crippen molar-refractivity contribution in [2.75, 3.05) is 13.2 Å². The minimum absolute atomic E-state index is 0.282. The smallest absolute Gasteiger partial charge is 0.0939 e. The van der Waals surface area contributed by atoms with Gasteiger partial charge in [-0.3, -0.25) is 4.98 Å². The maximum atomic E-state index is 6.54. The van der Waals surface area contributed by atoms with Crippen LogP contribution in [-0.2, 0) is 10.3 Å². The second kappa shape index (κ2) is 12.3. The van der Waals surface area contributed by atoms with Crippen LogP contribution in [0.4, 0.5) is 0 Å². The Morgan fingerprint density at radius 1 is 1.06 bits per heavy atom. The van der Waals surface area contributed by atoms with Crippen LogP contribution in [0.5, 0.6) is 0 Å². The molecule has 0 bridgehead atoms. The Morgan fingerprint density at radius 3 is 2.30 bits per heavy atom. The summed E-state index contributed by atoms with van der Waals surface area (Å²) in [7, 11) is 0. The highest BCUT2D eigenvalue weighted by atomic mass is 16.5. The zero-order chi connectivity index (χ0) is 24.5. The van der Waals surface area contributed by atoms with Gasteiger partial charge in [0.15, 0.2) is 0 Å². The van der Waals surface area contributed by atoms with E-state index in [2.05, 4.69) is 95.6 Å². The molecule has 0 radical (unpaired) electrons. The predicted octanol–water partition coefficient (Wildman–Crippen LogP) is 7.75. The predicted molar refractivity (Wildman–Crippen MR) is 142 cm³/mol. The average molecular weight is 449 g/mol. The van der Waals surface area contributed by atoms with Gasteiger partial charge in [0.25, 0.3) is 0 Å². The lowest BCUT2D eigenvalue weighted by atomic mass is 9.86. The van der Waals surface area contributed by atoms with Crippen molar-refractivity contribution >= 4 is 0 Å². The fraction of sp³-hybridized carbons (Fsp3) is 0.500. The van der Waals surface area contributed by atoms with Crippen molar-refractivity contribution in [1.29, 1.82) is 0 Å². The van der Waals surface area contributed by atoms with Gasteiger partial charge in [-0.05, 0) is 75.6 Å². The van der Waals surface area contributed by atoms with Crippen molar-refractivity contribution in [2.24, 2.45) is 11.1 Å². The zero-order valence-electron chi connectivity index (χ0n) is 21.7. The molecule has 0 aliphatic heterocycles. The highest BCUT2D eigenvalue weighted by Gasteiger charge is 2.27. The molecule has 0 amide bonds. The van der Waals surface area contributed by atoms with E-state index in [0.717, 1.165) is 55.5 Å². The normalized spacial score (nSPS) is 14.2. The first-order valence-corrected chi connectivity index (χ1v) is 12.2. The Morgan fingerprint density at radius 2 is 1.76 bits per heavy atom. The summed E-state index contributed by atoms with van der Waals surface area (Å²) in [5.41, 5.74) is 12.7. The van der Waals surface area contributed by atoms with E-state index >= 15 is 0 Å². The van der Waals surface area contributed by atoms with E-state index in [4.69, 9.17) is 10.5 Å². The minimum Gasteiger partial charge on any atom is -0.370 e. The van der Waals surface area contributed by atoms with E-state index in [0.29, 0.717) is 6.54 Å². The minimum atomic E-state index is -0.393. The van der Waals surface area contributed by atoms with Gasteiger partial charge in [0.05, 0.1) is 11.3 Å². The van der Waals surface area contributed by atoms with Crippen molar-refractivity contribution in [3.05, 3.63) is 77.5 Å². The van der Waals surface area contributed by atoms with Crippen molar-refractivity contribution in [3.8, 4) is 11.3 Å². The summed E-state index contributed by atoms with van der Waals surface area (Å²) in [5, 5.41) is 0. The van der Waals surface area contributed by atoms with Gasteiger partial charge in [-0.2, -0.15) is 0 Å². The van der Waals surface area contributed by atoms with E-state index in [1.54, 1.807) is 0 Å². The number of benzene rings is 1. The number of aryl methyl sites for hydroxylation is 1. The van der Waals surface area contributed by atoms with Crippen LogP contribution in [0, 0.1) is 12.3 Å². The molecule has 1 aromatic heterocycles. The van der Waals surface area contributed by atoms with E-state index in [1.807, 2.05) is 6.20 Å². The van der Waals surface area contributed by atoms with Crippen LogP contribution in [0.15, 0.2) is 66.4 Å². The fourth-order valence-electron chi connectivity index (χ4n) is 4.27. The van der Waals surface area contributed by atoms with Gasteiger partial charge >= 0.3 is 0 Å². The van der Waals surface area contributed by atoms with Gasteiger partial charge < -0.3 is 10.5 Å². The average Bonchev–Trinajstić information content (AvgIpc) is 2.74. The second-order valence-corrected chi connectivity index (χ2v) is 10.8. The number of hydrogen-bond donors (Lipinski definition) is 1. The summed E-state index contributed by atoms with van der Waals surface area (Å²) in [5.74, 6) is 0. The molecule has 1 heterocycles. The molecular weight excluding hydrogens is 404 g/mol. The Bertz CT molecular complexity index is 904. The lowest BCUT2D eigenvalue weighted by Crippen LogP contribution is -2.27. The lowest BCUT2D eigenvalue weighted by Gasteiger charge is -2.31. The van der Waals surface area contributed by atoms with Crippen LogP contribution in [0.3, 0.4) is 0 Å². The largest absolute Gasteiger partial charge is 0.370 e. The maximum Gasteiger partial charge on any atom is 0.0939 e. The van der Waals surface area contributed by atoms with Crippen molar-refractivity contribution in [3.63, 3.8) is 0 Å². The molecule has 0 aliphatic rings. The summed E-state index contributed by atoms with van der Waals surface area (Å²) < 4.78 is 6.54. The van der Waals surface area contributed by atoms with Crippen molar-refractivity contribution in [2.45, 2.75) is 79.2 Å². The van der Waals surface area contributed by atoms with Gasteiger partial charge in [0.2, 0.25) is 0 Å². The number of nitrogens with zero attached hydrogens (tertiary/aromatic N) is 1. The molecule has 1 aromatic carbocycles. The Balaban J connectivity index is 2.08. The molecule has 1 atom stereocenters. The monoisotopic (exact) mass is 448 g/mol. The first-order valence-electron chi connectivity index (χ1n) is 12.2. The third kappa shape index (κ3) is 9.27. The van der Waals surface area contributed by atoms with Crippen LogP contribution >= 0.6 is 0 Å². The molecular formula is C30H44N2O. The Labute approximate surface area is 202 Å². The maximum absolute atomic E-state index is 6.54. The van der Waals surface area contributed by atoms with Crippen LogP contribution in [0.25, 0.3) is 11.3 Å². The summed E-state index contributed by atoms with van der Waals surface area (Å²) in [6.07, 6.45) is 9.14. The molecule has 0 saturated carbocycles. The standard InChI is InChI=1S/C30H44N2O/c1-23(2)20-30(7,33-19-9-11-25(10-8-18-31)21-29(4,5)6)27-15-13-26(14-16-27)28-17-12-24(3)22-32-28/h10,12-17,22H,1,8-9,11,18-21,31H2,2-7H3/b25-10+. The molecule has 3 nitrogen and oxygen atoms in total. The van der Waals surface area contributed by atoms with Crippen LogP contribution in [-0.4, -0.2) is 18.1 Å².